The average molecular weight is 441 g/mol. The van der Waals surface area contributed by atoms with E-state index in [0.29, 0.717) is 36.5 Å². The molecule has 5 rings (SSSR count). The summed E-state index contributed by atoms with van der Waals surface area (Å²) in [4.78, 5) is 41.6. The fourth-order valence-corrected chi connectivity index (χ4v) is 5.18. The van der Waals surface area contributed by atoms with Crippen LogP contribution in [0, 0.1) is 5.92 Å². The van der Waals surface area contributed by atoms with Gasteiger partial charge in [-0.05, 0) is 81.7 Å². The number of amides is 1. The molecule has 0 spiro atoms. The number of benzene rings is 1. The van der Waals surface area contributed by atoms with Gasteiger partial charge in [-0.3, -0.25) is 23.4 Å². The van der Waals surface area contributed by atoms with Gasteiger partial charge in [-0.2, -0.15) is 0 Å². The smallest absolute Gasteiger partial charge is 0.332 e. The van der Waals surface area contributed by atoms with Crippen molar-refractivity contribution in [3.05, 3.63) is 51.7 Å². The highest BCUT2D eigenvalue weighted by molar-refractivity contribution is 7.97. The number of likely N-dealkylation sites (tertiary alicyclic amines) is 1. The van der Waals surface area contributed by atoms with Crippen molar-refractivity contribution in [1.29, 1.82) is 0 Å². The summed E-state index contributed by atoms with van der Waals surface area (Å²) < 4.78 is 6.63. The molecule has 7 nitrogen and oxygen atoms in total. The summed E-state index contributed by atoms with van der Waals surface area (Å²) in [6.07, 6.45) is 5.80. The molecule has 3 fully saturated rings. The number of carbonyl (C=O) groups is 1. The molecule has 1 saturated heterocycles. The number of hydrogen-bond acceptors (Lipinski definition) is 5. The van der Waals surface area contributed by atoms with Gasteiger partial charge in [0.05, 0.1) is 16.4 Å². The summed E-state index contributed by atoms with van der Waals surface area (Å²) in [5.41, 5.74) is -0.399. The summed E-state index contributed by atoms with van der Waals surface area (Å²) >= 11 is 1.54. The van der Waals surface area contributed by atoms with Gasteiger partial charge in [0.1, 0.15) is 0 Å². The highest BCUT2D eigenvalue weighted by Crippen LogP contribution is 2.38. The Morgan fingerprint density at radius 2 is 1.97 bits per heavy atom. The fraction of sp³-hybridized carbons (Fsp3) is 0.522. The van der Waals surface area contributed by atoms with Crippen molar-refractivity contribution in [3.8, 4) is 0 Å². The third kappa shape index (κ3) is 3.65. The largest absolute Gasteiger partial charge is 0.334 e. The predicted molar refractivity (Wildman–Crippen MR) is 122 cm³/mol. The van der Waals surface area contributed by atoms with Gasteiger partial charge in [0.25, 0.3) is 5.56 Å². The number of fused-ring (bicyclic) bond motifs is 1. The van der Waals surface area contributed by atoms with Crippen molar-refractivity contribution in [1.82, 2.24) is 18.8 Å². The Morgan fingerprint density at radius 3 is 2.58 bits per heavy atom. The Kier molecular flexibility index (Phi) is 4.71. The van der Waals surface area contributed by atoms with Crippen LogP contribution in [0.4, 0.5) is 0 Å². The van der Waals surface area contributed by atoms with E-state index in [0.717, 1.165) is 30.6 Å². The number of aromatic nitrogens is 2. The van der Waals surface area contributed by atoms with E-state index in [-0.39, 0.29) is 22.7 Å². The highest BCUT2D eigenvalue weighted by atomic mass is 32.2. The predicted octanol–water partition coefficient (Wildman–Crippen LogP) is 2.47. The molecule has 0 unspecified atom stereocenters. The van der Waals surface area contributed by atoms with Gasteiger partial charge >= 0.3 is 5.69 Å². The summed E-state index contributed by atoms with van der Waals surface area (Å²) in [5, 5.41) is 0.558. The van der Waals surface area contributed by atoms with Crippen LogP contribution in [-0.2, 0) is 16.9 Å². The monoisotopic (exact) mass is 440 g/mol. The molecule has 1 aromatic carbocycles. The molecule has 2 aliphatic carbocycles. The molecule has 1 aromatic heterocycles. The van der Waals surface area contributed by atoms with Crippen LogP contribution in [0.25, 0.3) is 10.9 Å². The summed E-state index contributed by atoms with van der Waals surface area (Å²) in [6.45, 7) is 8.89. The lowest BCUT2D eigenvalue weighted by Gasteiger charge is -2.48. The second-order valence-corrected chi connectivity index (χ2v) is 10.7. The molecule has 0 bridgehead atoms. The molecule has 0 atom stereocenters. The molecule has 0 radical (unpaired) electrons. The van der Waals surface area contributed by atoms with Crippen molar-refractivity contribution < 1.29 is 4.79 Å². The molecular formula is C23H28N4O3S. The molecule has 8 heteroatoms. The van der Waals surface area contributed by atoms with Gasteiger partial charge < -0.3 is 4.90 Å². The third-order valence-corrected chi connectivity index (χ3v) is 7.84. The van der Waals surface area contributed by atoms with Crippen LogP contribution < -0.4 is 16.0 Å². The van der Waals surface area contributed by atoms with Gasteiger partial charge in [0.15, 0.2) is 0 Å². The Hall–Kier alpha value is -2.32. The van der Waals surface area contributed by atoms with E-state index in [1.807, 2.05) is 25.1 Å². The number of nitrogens with zero attached hydrogens (tertiary/aromatic N) is 3. The van der Waals surface area contributed by atoms with E-state index in [9.17, 15) is 14.4 Å². The second kappa shape index (κ2) is 7.10. The fourth-order valence-electron chi connectivity index (χ4n) is 4.30. The van der Waals surface area contributed by atoms with Crippen LogP contribution in [0.3, 0.4) is 0 Å². The molecule has 1 aliphatic heterocycles. The zero-order chi connectivity index (χ0) is 22.0. The summed E-state index contributed by atoms with van der Waals surface area (Å²) in [5.74, 6) is 0.313. The van der Waals surface area contributed by atoms with Crippen LogP contribution >= 0.6 is 11.9 Å². The van der Waals surface area contributed by atoms with E-state index < -0.39 is 5.54 Å². The van der Waals surface area contributed by atoms with Gasteiger partial charge in [-0.25, -0.2) is 4.79 Å². The Bertz CT molecular complexity index is 1200. The number of hydrogen-bond donors (Lipinski definition) is 1. The van der Waals surface area contributed by atoms with Crippen LogP contribution in [0.1, 0.15) is 39.5 Å². The Morgan fingerprint density at radius 1 is 1.26 bits per heavy atom. The standard InChI is InChI=1S/C23H28N4O3S/c1-4-19(28)25-13-23(3,14-25)27-20(29)17-11-16(31-24-22(2)9-10-22)7-8-18(17)26(21(27)30)12-15-5-6-15/h4,7-8,11,15,24H,1,5-6,9-10,12-14H2,2-3H3. The molecule has 1 amide bonds. The second-order valence-electron chi connectivity index (χ2n) is 9.82. The number of rotatable bonds is 7. The molecule has 2 heterocycles. The number of carbonyl (C=O) groups excluding carboxylic acids is 1. The van der Waals surface area contributed by atoms with E-state index in [1.54, 1.807) is 21.4 Å². The minimum Gasteiger partial charge on any atom is -0.334 e. The van der Waals surface area contributed by atoms with Crippen molar-refractivity contribution in [2.75, 3.05) is 13.1 Å². The quantitative estimate of drug-likeness (QED) is 0.529. The normalized spacial score (nSPS) is 21.0. The topological polar surface area (TPSA) is 76.3 Å². The maximum absolute atomic E-state index is 13.6. The van der Waals surface area contributed by atoms with Crippen LogP contribution in [0.15, 0.2) is 45.3 Å². The van der Waals surface area contributed by atoms with Crippen molar-refractivity contribution in [3.63, 3.8) is 0 Å². The minimum absolute atomic E-state index is 0.172. The van der Waals surface area contributed by atoms with Crippen LogP contribution in [0.2, 0.25) is 0 Å². The average Bonchev–Trinajstić information content (AvgIpc) is 3.65. The van der Waals surface area contributed by atoms with E-state index in [1.165, 1.54) is 10.6 Å². The summed E-state index contributed by atoms with van der Waals surface area (Å²) in [6, 6.07) is 5.78. The van der Waals surface area contributed by atoms with Crippen LogP contribution in [0.5, 0.6) is 0 Å². The molecule has 31 heavy (non-hydrogen) atoms. The zero-order valence-electron chi connectivity index (χ0n) is 18.0. The lowest BCUT2D eigenvalue weighted by atomic mass is 9.91. The molecule has 164 valence electrons. The molecule has 3 aliphatic rings. The van der Waals surface area contributed by atoms with Gasteiger partial charge in [-0.15, -0.1) is 0 Å². The van der Waals surface area contributed by atoms with Gasteiger partial charge in [0, 0.05) is 30.1 Å². The van der Waals surface area contributed by atoms with Crippen molar-refractivity contribution in [2.45, 2.75) is 62.0 Å². The molecular weight excluding hydrogens is 412 g/mol. The van der Waals surface area contributed by atoms with Crippen molar-refractivity contribution in [2.24, 2.45) is 5.92 Å². The first kappa shape index (κ1) is 20.6. The van der Waals surface area contributed by atoms with E-state index in [2.05, 4.69) is 18.2 Å². The maximum atomic E-state index is 13.6. The van der Waals surface area contributed by atoms with Crippen LogP contribution in [-0.4, -0.2) is 38.6 Å². The maximum Gasteiger partial charge on any atom is 0.332 e. The lowest BCUT2D eigenvalue weighted by Crippen LogP contribution is -2.67. The molecule has 2 saturated carbocycles. The number of nitrogens with one attached hydrogen (secondary N) is 1. The zero-order valence-corrected chi connectivity index (χ0v) is 18.8. The molecule has 1 N–H and O–H groups in total. The Balaban J connectivity index is 1.58. The first-order chi connectivity index (χ1) is 14.7. The van der Waals surface area contributed by atoms with E-state index >= 15 is 0 Å². The van der Waals surface area contributed by atoms with Crippen molar-refractivity contribution >= 4 is 28.8 Å². The SMILES string of the molecule is C=CC(=O)N1CC(C)(n2c(=O)c3cc(SNC4(C)CC4)ccc3n(CC3CC3)c2=O)C1. The molecule has 2 aromatic rings. The lowest BCUT2D eigenvalue weighted by molar-refractivity contribution is -0.136. The van der Waals surface area contributed by atoms with Gasteiger partial charge in [0.2, 0.25) is 5.91 Å². The first-order valence-corrected chi connectivity index (χ1v) is 11.7. The Labute approximate surface area is 185 Å². The minimum atomic E-state index is -0.713. The van der Waals surface area contributed by atoms with Gasteiger partial charge in [-0.1, -0.05) is 6.58 Å². The van der Waals surface area contributed by atoms with E-state index in [4.69, 9.17) is 0 Å². The first-order valence-electron chi connectivity index (χ1n) is 10.9. The summed E-state index contributed by atoms with van der Waals surface area (Å²) in [7, 11) is 0. The third-order valence-electron chi connectivity index (χ3n) is 6.76. The highest BCUT2D eigenvalue weighted by Gasteiger charge is 2.45.